The second kappa shape index (κ2) is 7.17. The van der Waals surface area contributed by atoms with Crippen LogP contribution in [0.2, 0.25) is 0 Å². The summed E-state index contributed by atoms with van der Waals surface area (Å²) in [6, 6.07) is 7.73. The molecule has 3 amide bonds. The zero-order chi connectivity index (χ0) is 18.0. The third-order valence-corrected chi connectivity index (χ3v) is 6.92. The molecule has 134 valence electrons. The number of amides is 3. The molecule has 0 aliphatic carbocycles. The summed E-state index contributed by atoms with van der Waals surface area (Å²) in [4.78, 5) is 38.8. The second-order valence-electron chi connectivity index (χ2n) is 5.98. The van der Waals surface area contributed by atoms with Crippen molar-refractivity contribution in [1.82, 2.24) is 9.80 Å². The van der Waals surface area contributed by atoms with E-state index in [9.17, 15) is 22.8 Å². The number of hydrogen-bond acceptors (Lipinski definition) is 6. The SMILES string of the molecule is O=C(CCS(=O)(=O)c1ccccc1)N1CCC(N2C(=O)CSC2=O)C1. The molecule has 3 rings (SSSR count). The van der Waals surface area contributed by atoms with Crippen molar-refractivity contribution in [2.75, 3.05) is 24.6 Å². The fourth-order valence-corrected chi connectivity index (χ4v) is 5.05. The first-order valence-corrected chi connectivity index (χ1v) is 10.6. The van der Waals surface area contributed by atoms with Crippen molar-refractivity contribution in [3.05, 3.63) is 30.3 Å². The molecule has 0 saturated carbocycles. The molecule has 0 aromatic heterocycles. The van der Waals surface area contributed by atoms with Gasteiger partial charge in [0.15, 0.2) is 9.84 Å². The number of carbonyl (C=O) groups excluding carboxylic acids is 3. The molecular formula is C16H18N2O5S2. The van der Waals surface area contributed by atoms with Crippen LogP contribution in [0, 0.1) is 0 Å². The average Bonchev–Trinajstić information content (AvgIpc) is 3.20. The van der Waals surface area contributed by atoms with Gasteiger partial charge < -0.3 is 4.90 Å². The summed E-state index contributed by atoms with van der Waals surface area (Å²) in [6.45, 7) is 0.707. The summed E-state index contributed by atoms with van der Waals surface area (Å²) in [5, 5.41) is -0.268. The van der Waals surface area contributed by atoms with E-state index in [1.54, 1.807) is 18.2 Å². The van der Waals surface area contributed by atoms with Crippen molar-refractivity contribution < 1.29 is 22.8 Å². The zero-order valence-corrected chi connectivity index (χ0v) is 15.1. The number of thioether (sulfide) groups is 1. The number of imide groups is 1. The van der Waals surface area contributed by atoms with Gasteiger partial charge in [0.05, 0.1) is 22.4 Å². The van der Waals surface area contributed by atoms with Gasteiger partial charge >= 0.3 is 0 Å². The lowest BCUT2D eigenvalue weighted by atomic mass is 10.2. The van der Waals surface area contributed by atoms with E-state index in [1.165, 1.54) is 21.9 Å². The second-order valence-corrected chi connectivity index (χ2v) is 9.02. The van der Waals surface area contributed by atoms with Crippen LogP contribution in [-0.2, 0) is 19.4 Å². The van der Waals surface area contributed by atoms with Crippen molar-refractivity contribution in [3.63, 3.8) is 0 Å². The van der Waals surface area contributed by atoms with Gasteiger partial charge in [-0.05, 0) is 18.6 Å². The van der Waals surface area contributed by atoms with Crippen LogP contribution in [0.1, 0.15) is 12.8 Å². The van der Waals surface area contributed by atoms with E-state index < -0.39 is 9.84 Å². The Bertz CT molecular complexity index is 778. The maximum absolute atomic E-state index is 12.3. The molecule has 1 aromatic carbocycles. The van der Waals surface area contributed by atoms with Gasteiger partial charge in [-0.3, -0.25) is 19.3 Å². The molecule has 2 heterocycles. The Labute approximate surface area is 150 Å². The molecular weight excluding hydrogens is 364 g/mol. The van der Waals surface area contributed by atoms with Gasteiger partial charge in [-0.2, -0.15) is 0 Å². The third-order valence-electron chi connectivity index (χ3n) is 4.35. The average molecular weight is 382 g/mol. The quantitative estimate of drug-likeness (QED) is 0.759. The predicted octanol–water partition coefficient (Wildman–Crippen LogP) is 1.15. The fourth-order valence-electron chi connectivity index (χ4n) is 3.02. The van der Waals surface area contributed by atoms with Gasteiger partial charge in [-0.25, -0.2) is 8.42 Å². The van der Waals surface area contributed by atoms with Gasteiger partial charge in [0.1, 0.15) is 0 Å². The highest BCUT2D eigenvalue weighted by atomic mass is 32.2. The van der Waals surface area contributed by atoms with E-state index >= 15 is 0 Å². The van der Waals surface area contributed by atoms with Crippen molar-refractivity contribution in [2.45, 2.75) is 23.8 Å². The first-order valence-electron chi connectivity index (χ1n) is 7.93. The summed E-state index contributed by atoms with van der Waals surface area (Å²) in [6.07, 6.45) is 0.426. The molecule has 0 radical (unpaired) electrons. The summed E-state index contributed by atoms with van der Waals surface area (Å²) in [5.41, 5.74) is 0. The van der Waals surface area contributed by atoms with Crippen molar-refractivity contribution in [1.29, 1.82) is 0 Å². The molecule has 25 heavy (non-hydrogen) atoms. The zero-order valence-electron chi connectivity index (χ0n) is 13.5. The Balaban J connectivity index is 1.56. The van der Waals surface area contributed by atoms with Crippen molar-refractivity contribution >= 4 is 38.7 Å². The maximum atomic E-state index is 12.3. The van der Waals surface area contributed by atoms with E-state index in [1.807, 2.05) is 0 Å². The van der Waals surface area contributed by atoms with Crippen LogP contribution >= 0.6 is 11.8 Å². The molecule has 2 fully saturated rings. The van der Waals surface area contributed by atoms with Crippen LogP contribution in [0.3, 0.4) is 0 Å². The Morgan fingerprint density at radius 3 is 2.56 bits per heavy atom. The molecule has 2 aliphatic rings. The fraction of sp³-hybridized carbons (Fsp3) is 0.438. The van der Waals surface area contributed by atoms with Crippen LogP contribution < -0.4 is 0 Å². The van der Waals surface area contributed by atoms with E-state index in [0.29, 0.717) is 13.0 Å². The number of nitrogens with zero attached hydrogens (tertiary/aromatic N) is 2. The molecule has 1 atom stereocenters. The van der Waals surface area contributed by atoms with E-state index in [0.717, 1.165) is 11.8 Å². The van der Waals surface area contributed by atoms with E-state index in [-0.39, 0.29) is 52.5 Å². The molecule has 1 unspecified atom stereocenters. The maximum Gasteiger partial charge on any atom is 0.289 e. The van der Waals surface area contributed by atoms with Crippen LogP contribution in [-0.4, -0.2) is 65.9 Å². The lowest BCUT2D eigenvalue weighted by Gasteiger charge is -2.21. The van der Waals surface area contributed by atoms with E-state index in [4.69, 9.17) is 0 Å². The van der Waals surface area contributed by atoms with Gasteiger partial charge in [-0.1, -0.05) is 30.0 Å². The first-order chi connectivity index (χ1) is 11.9. The normalized spacial score (nSPS) is 21.2. The Morgan fingerprint density at radius 1 is 1.20 bits per heavy atom. The minimum Gasteiger partial charge on any atom is -0.341 e. The number of sulfone groups is 1. The Kier molecular flexibility index (Phi) is 5.14. The van der Waals surface area contributed by atoms with Gasteiger partial charge in [0, 0.05) is 19.5 Å². The Morgan fingerprint density at radius 2 is 1.92 bits per heavy atom. The molecule has 1 aromatic rings. The smallest absolute Gasteiger partial charge is 0.289 e. The molecule has 0 spiro atoms. The van der Waals surface area contributed by atoms with Crippen molar-refractivity contribution in [3.8, 4) is 0 Å². The summed E-state index contributed by atoms with van der Waals surface area (Å²) < 4.78 is 24.5. The molecule has 0 N–H and O–H groups in total. The van der Waals surface area contributed by atoms with Gasteiger partial charge in [-0.15, -0.1) is 0 Å². The minimum atomic E-state index is -3.50. The highest BCUT2D eigenvalue weighted by Gasteiger charge is 2.40. The molecule has 7 nitrogen and oxygen atoms in total. The van der Waals surface area contributed by atoms with Crippen LogP contribution in [0.4, 0.5) is 4.79 Å². The highest BCUT2D eigenvalue weighted by Crippen LogP contribution is 2.26. The molecule has 9 heteroatoms. The minimum absolute atomic E-state index is 0.111. The number of rotatable bonds is 5. The number of likely N-dealkylation sites (tertiary alicyclic amines) is 1. The lowest BCUT2D eigenvalue weighted by Crippen LogP contribution is -2.41. The Hall–Kier alpha value is -1.87. The summed E-state index contributed by atoms with van der Waals surface area (Å²) in [7, 11) is -3.50. The standard InChI is InChI=1S/C16H18N2O5S2/c19-14(7-9-25(22,23)13-4-2-1-3-5-13)17-8-6-12(10-17)18-15(20)11-24-16(18)21/h1-5,12H,6-11H2. The van der Waals surface area contributed by atoms with E-state index in [2.05, 4.69) is 0 Å². The summed E-state index contributed by atoms with van der Waals surface area (Å²) >= 11 is 0.976. The number of benzene rings is 1. The number of hydrogen-bond donors (Lipinski definition) is 0. The highest BCUT2D eigenvalue weighted by molar-refractivity contribution is 8.14. The molecule has 0 bridgehead atoms. The first kappa shape index (κ1) is 17.9. The van der Waals surface area contributed by atoms with Gasteiger partial charge in [0.2, 0.25) is 11.8 Å². The molecule has 2 aliphatic heterocycles. The lowest BCUT2D eigenvalue weighted by molar-refractivity contribution is -0.131. The third kappa shape index (κ3) is 3.87. The summed E-state index contributed by atoms with van der Waals surface area (Å²) in [5.74, 6) is -0.595. The molecule has 2 saturated heterocycles. The van der Waals surface area contributed by atoms with Crippen molar-refractivity contribution in [2.24, 2.45) is 0 Å². The van der Waals surface area contributed by atoms with Crippen LogP contribution in [0.5, 0.6) is 0 Å². The topological polar surface area (TPSA) is 91.8 Å². The number of carbonyl (C=O) groups is 3. The van der Waals surface area contributed by atoms with Gasteiger partial charge in [0.25, 0.3) is 5.24 Å². The van der Waals surface area contributed by atoms with Crippen LogP contribution in [0.15, 0.2) is 35.2 Å². The monoisotopic (exact) mass is 382 g/mol. The predicted molar refractivity (Wildman–Crippen MR) is 92.8 cm³/mol. The van der Waals surface area contributed by atoms with Crippen LogP contribution in [0.25, 0.3) is 0 Å². The largest absolute Gasteiger partial charge is 0.341 e.